The van der Waals surface area contributed by atoms with Crippen molar-refractivity contribution in [2.45, 2.75) is 57.5 Å². The zero-order chi connectivity index (χ0) is 10.8. The second kappa shape index (κ2) is 4.35. The Morgan fingerprint density at radius 1 is 1.40 bits per heavy atom. The fourth-order valence-corrected chi connectivity index (χ4v) is 2.52. The molecule has 2 rings (SSSR count). The van der Waals surface area contributed by atoms with Gasteiger partial charge in [0.1, 0.15) is 0 Å². The molecule has 3 nitrogen and oxygen atoms in total. The fraction of sp³-hybridized carbons (Fsp3) is 0.750. The van der Waals surface area contributed by atoms with Crippen molar-refractivity contribution < 1.29 is 0 Å². The standard InChI is InChI=1S/C12H21N3/c1-9(2)12-7-14-8-15(12)11-6-4-3-5-10(11)13/h7-11H,3-6,13H2,1-2H3. The topological polar surface area (TPSA) is 43.8 Å². The Morgan fingerprint density at radius 3 is 2.80 bits per heavy atom. The Bertz CT molecular complexity index is 316. The van der Waals surface area contributed by atoms with Crippen molar-refractivity contribution in [1.29, 1.82) is 0 Å². The van der Waals surface area contributed by atoms with Crippen LogP contribution in [0.4, 0.5) is 0 Å². The molecule has 15 heavy (non-hydrogen) atoms. The van der Waals surface area contributed by atoms with Gasteiger partial charge in [0.15, 0.2) is 0 Å². The van der Waals surface area contributed by atoms with E-state index in [1.165, 1.54) is 25.0 Å². The van der Waals surface area contributed by atoms with Crippen LogP contribution in [-0.4, -0.2) is 15.6 Å². The Kier molecular flexibility index (Phi) is 3.10. The van der Waals surface area contributed by atoms with Gasteiger partial charge in [-0.15, -0.1) is 0 Å². The average Bonchev–Trinajstić information content (AvgIpc) is 2.67. The predicted molar refractivity (Wildman–Crippen MR) is 61.8 cm³/mol. The van der Waals surface area contributed by atoms with Gasteiger partial charge in [-0.05, 0) is 18.8 Å². The number of imidazole rings is 1. The molecule has 0 bridgehead atoms. The van der Waals surface area contributed by atoms with Crippen LogP contribution in [0.2, 0.25) is 0 Å². The molecule has 1 saturated carbocycles. The molecule has 2 atom stereocenters. The molecule has 84 valence electrons. The molecule has 1 heterocycles. The quantitative estimate of drug-likeness (QED) is 0.809. The summed E-state index contributed by atoms with van der Waals surface area (Å²) in [6, 6.07) is 0.782. The van der Waals surface area contributed by atoms with Crippen LogP contribution >= 0.6 is 0 Å². The van der Waals surface area contributed by atoms with Crippen molar-refractivity contribution in [1.82, 2.24) is 9.55 Å². The number of hydrogen-bond acceptors (Lipinski definition) is 2. The second-order valence-electron chi connectivity index (χ2n) is 4.90. The van der Waals surface area contributed by atoms with E-state index in [0.29, 0.717) is 18.0 Å². The van der Waals surface area contributed by atoms with E-state index in [1.54, 1.807) is 0 Å². The molecule has 1 aliphatic carbocycles. The lowest BCUT2D eigenvalue weighted by Gasteiger charge is -2.31. The molecule has 1 aliphatic rings. The molecule has 0 saturated heterocycles. The zero-order valence-corrected chi connectivity index (χ0v) is 9.69. The van der Waals surface area contributed by atoms with E-state index >= 15 is 0 Å². The van der Waals surface area contributed by atoms with Crippen LogP contribution in [0.3, 0.4) is 0 Å². The van der Waals surface area contributed by atoms with E-state index in [4.69, 9.17) is 5.73 Å². The lowest BCUT2D eigenvalue weighted by atomic mass is 9.90. The summed E-state index contributed by atoms with van der Waals surface area (Å²) in [6.45, 7) is 4.42. The van der Waals surface area contributed by atoms with Gasteiger partial charge in [0.05, 0.1) is 6.33 Å². The van der Waals surface area contributed by atoms with Crippen molar-refractivity contribution in [3.05, 3.63) is 18.2 Å². The lowest BCUT2D eigenvalue weighted by molar-refractivity contribution is 0.299. The fourth-order valence-electron chi connectivity index (χ4n) is 2.52. The summed E-state index contributed by atoms with van der Waals surface area (Å²) in [4.78, 5) is 4.26. The van der Waals surface area contributed by atoms with Crippen molar-refractivity contribution in [2.75, 3.05) is 0 Å². The number of hydrogen-bond donors (Lipinski definition) is 1. The highest BCUT2D eigenvalue weighted by Crippen LogP contribution is 2.30. The molecule has 1 aromatic heterocycles. The minimum atomic E-state index is 0.311. The Labute approximate surface area is 91.7 Å². The maximum Gasteiger partial charge on any atom is 0.0951 e. The van der Waals surface area contributed by atoms with Gasteiger partial charge in [0, 0.05) is 24.0 Å². The molecule has 0 radical (unpaired) electrons. The zero-order valence-electron chi connectivity index (χ0n) is 9.69. The van der Waals surface area contributed by atoms with E-state index in [9.17, 15) is 0 Å². The number of aromatic nitrogens is 2. The lowest BCUT2D eigenvalue weighted by Crippen LogP contribution is -2.35. The average molecular weight is 207 g/mol. The van der Waals surface area contributed by atoms with Crippen molar-refractivity contribution in [2.24, 2.45) is 5.73 Å². The second-order valence-corrected chi connectivity index (χ2v) is 4.90. The van der Waals surface area contributed by atoms with Gasteiger partial charge in [0.2, 0.25) is 0 Å². The molecular weight excluding hydrogens is 186 g/mol. The monoisotopic (exact) mass is 207 g/mol. The van der Waals surface area contributed by atoms with Crippen LogP contribution < -0.4 is 5.73 Å². The predicted octanol–water partition coefficient (Wildman–Crippen LogP) is 2.45. The first kappa shape index (κ1) is 10.7. The van der Waals surface area contributed by atoms with E-state index in [-0.39, 0.29) is 0 Å². The Morgan fingerprint density at radius 2 is 2.13 bits per heavy atom. The third kappa shape index (κ3) is 2.07. The highest BCUT2D eigenvalue weighted by Gasteiger charge is 2.25. The summed E-state index contributed by atoms with van der Waals surface area (Å²) in [5, 5.41) is 0. The molecular formula is C12H21N3. The summed E-state index contributed by atoms with van der Waals surface area (Å²) in [7, 11) is 0. The third-order valence-corrected chi connectivity index (χ3v) is 3.43. The molecule has 2 unspecified atom stereocenters. The first-order valence-electron chi connectivity index (χ1n) is 5.97. The van der Waals surface area contributed by atoms with Crippen molar-refractivity contribution >= 4 is 0 Å². The van der Waals surface area contributed by atoms with Gasteiger partial charge in [-0.1, -0.05) is 26.7 Å². The third-order valence-electron chi connectivity index (χ3n) is 3.43. The number of nitrogens with zero attached hydrogens (tertiary/aromatic N) is 2. The van der Waals surface area contributed by atoms with Crippen LogP contribution in [-0.2, 0) is 0 Å². The summed E-state index contributed by atoms with van der Waals surface area (Å²) in [5.74, 6) is 0.529. The van der Waals surface area contributed by atoms with Crippen molar-refractivity contribution in [3.8, 4) is 0 Å². The summed E-state index contributed by atoms with van der Waals surface area (Å²) in [5.41, 5.74) is 7.51. The van der Waals surface area contributed by atoms with Crippen LogP contribution in [0.15, 0.2) is 12.5 Å². The van der Waals surface area contributed by atoms with E-state index in [1.807, 2.05) is 12.5 Å². The van der Waals surface area contributed by atoms with Gasteiger partial charge in [-0.25, -0.2) is 4.98 Å². The van der Waals surface area contributed by atoms with Gasteiger partial charge < -0.3 is 10.3 Å². The van der Waals surface area contributed by atoms with Crippen LogP contribution in [0, 0.1) is 0 Å². The maximum atomic E-state index is 6.19. The molecule has 3 heteroatoms. The molecule has 0 aromatic carbocycles. The van der Waals surface area contributed by atoms with Gasteiger partial charge in [-0.3, -0.25) is 0 Å². The first-order valence-corrected chi connectivity index (χ1v) is 5.97. The van der Waals surface area contributed by atoms with Crippen molar-refractivity contribution in [3.63, 3.8) is 0 Å². The van der Waals surface area contributed by atoms with Crippen LogP contribution in [0.1, 0.15) is 57.2 Å². The summed E-state index contributed by atoms with van der Waals surface area (Å²) in [6.07, 6.45) is 8.87. The minimum Gasteiger partial charge on any atom is -0.330 e. The van der Waals surface area contributed by atoms with Gasteiger partial charge in [0.25, 0.3) is 0 Å². The molecule has 1 aromatic rings. The normalized spacial score (nSPS) is 27.2. The molecule has 1 fully saturated rings. The van der Waals surface area contributed by atoms with Gasteiger partial charge in [-0.2, -0.15) is 0 Å². The maximum absolute atomic E-state index is 6.19. The molecule has 0 aliphatic heterocycles. The largest absolute Gasteiger partial charge is 0.330 e. The Balaban J connectivity index is 2.23. The summed E-state index contributed by atoms with van der Waals surface area (Å²) >= 11 is 0. The smallest absolute Gasteiger partial charge is 0.0951 e. The van der Waals surface area contributed by atoms with Gasteiger partial charge >= 0.3 is 0 Å². The molecule has 2 N–H and O–H groups in total. The van der Waals surface area contributed by atoms with E-state index in [0.717, 1.165) is 6.42 Å². The Hall–Kier alpha value is -0.830. The number of rotatable bonds is 2. The van der Waals surface area contributed by atoms with E-state index < -0.39 is 0 Å². The van der Waals surface area contributed by atoms with Crippen LogP contribution in [0.25, 0.3) is 0 Å². The molecule has 0 spiro atoms. The summed E-state index contributed by atoms with van der Waals surface area (Å²) < 4.78 is 2.30. The van der Waals surface area contributed by atoms with E-state index in [2.05, 4.69) is 23.4 Å². The highest BCUT2D eigenvalue weighted by molar-refractivity contribution is 5.07. The van der Waals surface area contributed by atoms with Crippen LogP contribution in [0.5, 0.6) is 0 Å². The first-order chi connectivity index (χ1) is 7.20. The minimum absolute atomic E-state index is 0.311. The SMILES string of the molecule is CC(C)c1cncn1C1CCCCC1N. The molecule has 0 amide bonds. The highest BCUT2D eigenvalue weighted by atomic mass is 15.1. The number of nitrogens with two attached hydrogens (primary N) is 1.